The van der Waals surface area contributed by atoms with Gasteiger partial charge in [-0.05, 0) is 124 Å². The highest BCUT2D eigenvalue weighted by molar-refractivity contribution is 5.36. The molecule has 0 bridgehead atoms. The number of benzene rings is 1. The van der Waals surface area contributed by atoms with Crippen molar-refractivity contribution in [3.63, 3.8) is 0 Å². The molecule has 1 heterocycles. The van der Waals surface area contributed by atoms with Gasteiger partial charge in [0, 0.05) is 5.56 Å². The summed E-state index contributed by atoms with van der Waals surface area (Å²) < 4.78 is 34.4. The van der Waals surface area contributed by atoms with E-state index in [4.69, 9.17) is 4.74 Å². The first-order valence-corrected chi connectivity index (χ1v) is 15.2. The summed E-state index contributed by atoms with van der Waals surface area (Å²) in [5.74, 6) is 3.95. The minimum absolute atomic E-state index is 0.236. The van der Waals surface area contributed by atoms with Crippen LogP contribution in [-0.2, 0) is 11.2 Å². The fourth-order valence-corrected chi connectivity index (χ4v) is 8.01. The van der Waals surface area contributed by atoms with Crippen molar-refractivity contribution < 1.29 is 13.5 Å². The van der Waals surface area contributed by atoms with E-state index in [2.05, 4.69) is 12.7 Å². The third kappa shape index (κ3) is 6.43. The number of aryl methyl sites for hydroxylation is 1. The smallest absolute Gasteiger partial charge is 0.165 e. The predicted molar refractivity (Wildman–Crippen MR) is 144 cm³/mol. The molecule has 1 aromatic rings. The van der Waals surface area contributed by atoms with E-state index in [0.717, 1.165) is 41.6 Å². The monoisotopic (exact) mass is 498 g/mol. The van der Waals surface area contributed by atoms with Crippen LogP contribution < -0.4 is 0 Å². The lowest BCUT2D eigenvalue weighted by Crippen LogP contribution is -2.26. The van der Waals surface area contributed by atoms with Crippen LogP contribution in [-0.4, -0.2) is 6.61 Å². The van der Waals surface area contributed by atoms with Gasteiger partial charge in [-0.3, -0.25) is 0 Å². The Labute approximate surface area is 218 Å². The van der Waals surface area contributed by atoms with Crippen molar-refractivity contribution in [1.82, 2.24) is 0 Å². The third-order valence-corrected chi connectivity index (χ3v) is 10.7. The average Bonchev–Trinajstić information content (AvgIpc) is 3.76. The second-order valence-corrected chi connectivity index (χ2v) is 12.9. The molecule has 3 aliphatic carbocycles. The standard InChI is InChI=1S/C33H48F2O/c1-3-23-4-6-24(7-5-23)8-9-25-10-15-27(16-11-25)28-17-12-26(13-18-28)14-19-29-22(2)20-30(31-21-36-31)33(35)32(29)34/h3,20,23-28,31H,1,4-19,21H2,2H3. The Balaban J connectivity index is 1.00. The van der Waals surface area contributed by atoms with Gasteiger partial charge in [0.05, 0.1) is 6.61 Å². The van der Waals surface area contributed by atoms with E-state index in [-0.39, 0.29) is 6.10 Å². The number of halogens is 2. The molecule has 5 rings (SSSR count). The first-order chi connectivity index (χ1) is 17.5. The summed E-state index contributed by atoms with van der Waals surface area (Å²) in [4.78, 5) is 0. The van der Waals surface area contributed by atoms with E-state index < -0.39 is 11.6 Å². The summed E-state index contributed by atoms with van der Waals surface area (Å²) >= 11 is 0. The molecule has 3 saturated carbocycles. The average molecular weight is 499 g/mol. The van der Waals surface area contributed by atoms with Crippen LogP contribution in [0, 0.1) is 54.1 Å². The van der Waals surface area contributed by atoms with Gasteiger partial charge in [-0.25, -0.2) is 8.78 Å². The van der Waals surface area contributed by atoms with Crippen LogP contribution in [0.4, 0.5) is 8.78 Å². The Morgan fingerprint density at radius 3 is 1.78 bits per heavy atom. The number of ether oxygens (including phenoxy) is 1. The van der Waals surface area contributed by atoms with Crippen LogP contribution in [0.5, 0.6) is 0 Å². The lowest BCUT2D eigenvalue weighted by molar-refractivity contribution is 0.137. The van der Waals surface area contributed by atoms with Gasteiger partial charge >= 0.3 is 0 Å². The molecule has 1 aliphatic heterocycles. The Bertz CT molecular complexity index is 866. The van der Waals surface area contributed by atoms with E-state index in [1.165, 1.54) is 89.9 Å². The van der Waals surface area contributed by atoms with Gasteiger partial charge in [0.15, 0.2) is 11.6 Å². The van der Waals surface area contributed by atoms with Gasteiger partial charge in [0.1, 0.15) is 6.10 Å². The van der Waals surface area contributed by atoms with Crippen molar-refractivity contribution in [2.75, 3.05) is 6.61 Å². The molecular formula is C33H48F2O. The number of rotatable bonds is 9. The summed E-state index contributed by atoms with van der Waals surface area (Å²) in [6.45, 7) is 6.42. The molecule has 1 saturated heterocycles. The molecule has 1 nitrogen and oxygen atoms in total. The van der Waals surface area contributed by atoms with Gasteiger partial charge in [0.2, 0.25) is 0 Å². The highest BCUT2D eigenvalue weighted by Crippen LogP contribution is 2.44. The van der Waals surface area contributed by atoms with E-state index in [9.17, 15) is 8.78 Å². The van der Waals surface area contributed by atoms with Crippen molar-refractivity contribution in [3.8, 4) is 0 Å². The number of allylic oxidation sites excluding steroid dienone is 1. The zero-order valence-electron chi connectivity index (χ0n) is 22.6. The van der Waals surface area contributed by atoms with E-state index >= 15 is 0 Å². The second kappa shape index (κ2) is 12.1. The Hall–Kier alpha value is -1.22. The van der Waals surface area contributed by atoms with Crippen LogP contribution in [0.25, 0.3) is 0 Å². The second-order valence-electron chi connectivity index (χ2n) is 12.9. The third-order valence-electron chi connectivity index (χ3n) is 10.7. The lowest BCUT2D eigenvalue weighted by atomic mass is 9.67. The summed E-state index contributed by atoms with van der Waals surface area (Å²) in [5.41, 5.74) is 1.88. The van der Waals surface area contributed by atoms with Crippen LogP contribution in [0.2, 0.25) is 0 Å². The Morgan fingerprint density at radius 1 is 0.778 bits per heavy atom. The van der Waals surface area contributed by atoms with Gasteiger partial charge in [-0.15, -0.1) is 6.58 Å². The lowest BCUT2D eigenvalue weighted by Gasteiger charge is -2.38. The summed E-state index contributed by atoms with van der Waals surface area (Å²) in [7, 11) is 0. The SMILES string of the molecule is C=CC1CCC(CCC2CCC(C3CCC(CCc4c(C)cc(C5CO5)c(F)c4F)CC3)CC2)CC1. The van der Waals surface area contributed by atoms with Crippen molar-refractivity contribution in [2.45, 2.75) is 116 Å². The summed E-state index contributed by atoms with van der Waals surface area (Å²) in [6, 6.07) is 1.81. The predicted octanol–water partition coefficient (Wildman–Crippen LogP) is 9.66. The molecule has 1 aromatic carbocycles. The zero-order valence-corrected chi connectivity index (χ0v) is 22.6. The van der Waals surface area contributed by atoms with Crippen LogP contribution in [0.15, 0.2) is 18.7 Å². The minimum atomic E-state index is -0.683. The van der Waals surface area contributed by atoms with Crippen molar-refractivity contribution in [3.05, 3.63) is 47.0 Å². The number of hydrogen-bond donors (Lipinski definition) is 0. The number of epoxide rings is 1. The highest BCUT2D eigenvalue weighted by Gasteiger charge is 2.33. The molecule has 200 valence electrons. The van der Waals surface area contributed by atoms with Crippen molar-refractivity contribution in [2.24, 2.45) is 35.5 Å². The van der Waals surface area contributed by atoms with Gasteiger partial charge < -0.3 is 4.74 Å². The first-order valence-electron chi connectivity index (χ1n) is 15.2. The minimum Gasteiger partial charge on any atom is -0.368 e. The molecule has 0 N–H and O–H groups in total. The first kappa shape index (κ1) is 26.4. The summed E-state index contributed by atoms with van der Waals surface area (Å²) in [5, 5.41) is 0. The molecule has 0 amide bonds. The fourth-order valence-electron chi connectivity index (χ4n) is 8.01. The van der Waals surface area contributed by atoms with Gasteiger partial charge in [0.25, 0.3) is 0 Å². The molecule has 1 unspecified atom stereocenters. The van der Waals surface area contributed by atoms with E-state index in [0.29, 0.717) is 30.1 Å². The maximum atomic E-state index is 14.8. The van der Waals surface area contributed by atoms with Crippen LogP contribution in [0.3, 0.4) is 0 Å². The molecule has 0 radical (unpaired) electrons. The maximum absolute atomic E-state index is 14.8. The van der Waals surface area contributed by atoms with Gasteiger partial charge in [-0.1, -0.05) is 44.6 Å². The molecule has 3 heteroatoms. The molecule has 4 aliphatic rings. The van der Waals surface area contributed by atoms with Gasteiger partial charge in [-0.2, -0.15) is 0 Å². The largest absolute Gasteiger partial charge is 0.368 e. The van der Waals surface area contributed by atoms with Crippen molar-refractivity contribution >= 4 is 0 Å². The molecule has 1 atom stereocenters. The van der Waals surface area contributed by atoms with Crippen molar-refractivity contribution in [1.29, 1.82) is 0 Å². The zero-order chi connectivity index (χ0) is 25.1. The van der Waals surface area contributed by atoms with E-state index in [1.54, 1.807) is 0 Å². The van der Waals surface area contributed by atoms with E-state index in [1.807, 2.05) is 13.0 Å². The normalized spacial score (nSPS) is 34.9. The molecule has 4 fully saturated rings. The molecular weight excluding hydrogens is 450 g/mol. The van der Waals surface area contributed by atoms with Crippen LogP contribution >= 0.6 is 0 Å². The Morgan fingerprint density at radius 2 is 1.28 bits per heavy atom. The summed E-state index contributed by atoms with van der Waals surface area (Å²) in [6.07, 6.45) is 23.2. The van der Waals surface area contributed by atoms with Crippen LogP contribution in [0.1, 0.15) is 119 Å². The topological polar surface area (TPSA) is 12.5 Å². The highest BCUT2D eigenvalue weighted by atomic mass is 19.2. The molecule has 0 aromatic heterocycles. The molecule has 0 spiro atoms. The molecule has 36 heavy (non-hydrogen) atoms. The Kier molecular flexibility index (Phi) is 8.87. The maximum Gasteiger partial charge on any atom is 0.165 e. The fraction of sp³-hybridized carbons (Fsp3) is 0.758. The quantitative estimate of drug-likeness (QED) is 0.244. The number of hydrogen-bond acceptors (Lipinski definition) is 1.